The first-order valence-electron chi connectivity index (χ1n) is 54.6. The summed E-state index contributed by atoms with van der Waals surface area (Å²) in [6, 6.07) is 3.14. The fourth-order valence-electron chi connectivity index (χ4n) is 31.3. The van der Waals surface area contributed by atoms with Crippen molar-refractivity contribution in [2.45, 2.75) is 532 Å². The Balaban J connectivity index is 0.000000146. The van der Waals surface area contributed by atoms with E-state index in [9.17, 15) is 58.8 Å². The summed E-state index contributed by atoms with van der Waals surface area (Å²) < 4.78 is 33.5. The number of aliphatic carboxylic acids is 3. The number of amides is 5. The fraction of sp³-hybridized carbons (Fsp3) is 0.927. The molecule has 0 aromatic rings. The molecule has 26 heteroatoms. The van der Waals surface area contributed by atoms with Crippen LogP contribution in [0.4, 0.5) is 24.0 Å². The summed E-state index contributed by atoms with van der Waals surface area (Å²) in [6.07, 6.45) is 62.4. The Morgan fingerprint density at radius 2 is 0.533 bits per heavy atom. The fourth-order valence-corrected chi connectivity index (χ4v) is 32.4. The predicted octanol–water partition coefficient (Wildman–Crippen LogP) is 25.1. The summed E-state index contributed by atoms with van der Waals surface area (Å²) in [6.45, 7) is 26.5. The van der Waals surface area contributed by atoms with Crippen molar-refractivity contribution in [2.24, 2.45) is 68.0 Å². The lowest BCUT2D eigenvalue weighted by atomic mass is 9.62. The maximum Gasteiger partial charge on any atom is 0.410 e. The molecule has 18 rings (SSSR count). The van der Waals surface area contributed by atoms with Crippen LogP contribution < -0.4 is 5.32 Å². The highest BCUT2D eigenvalue weighted by Crippen LogP contribution is 2.61. The average molecular weight is 2030 g/mol. The van der Waals surface area contributed by atoms with Crippen LogP contribution in [0.15, 0.2) is 0 Å². The largest absolute Gasteiger partial charge is 0.481 e. The molecule has 12 atom stereocenters. The maximum atomic E-state index is 12.7. The monoisotopic (exact) mass is 2030 g/mol. The summed E-state index contributed by atoms with van der Waals surface area (Å²) in [7, 11) is 1.84. The Bertz CT molecular complexity index is 3690. The first kappa shape index (κ1) is 110. The van der Waals surface area contributed by atoms with Gasteiger partial charge in [-0.1, -0.05) is 116 Å². The van der Waals surface area contributed by atoms with Gasteiger partial charge in [0.2, 0.25) is 0 Å². The van der Waals surface area contributed by atoms with E-state index >= 15 is 0 Å². The van der Waals surface area contributed by atoms with Gasteiger partial charge in [-0.3, -0.25) is 14.4 Å². The van der Waals surface area contributed by atoms with Gasteiger partial charge >= 0.3 is 48.4 Å². The molecule has 0 radical (unpaired) electrons. The van der Waals surface area contributed by atoms with Gasteiger partial charge in [0.05, 0.1) is 29.5 Å². The van der Waals surface area contributed by atoms with Gasteiger partial charge in [0.25, 0.3) is 0 Å². The van der Waals surface area contributed by atoms with Crippen LogP contribution in [0.5, 0.6) is 0 Å². The smallest absolute Gasteiger partial charge is 0.410 e. The molecule has 135 heavy (non-hydrogen) atoms. The van der Waals surface area contributed by atoms with E-state index in [0.29, 0.717) is 85.8 Å². The zero-order valence-corrected chi connectivity index (χ0v) is 89.6. The number of nitrogens with one attached hydrogen (secondary N) is 1. The quantitative estimate of drug-likeness (QED) is 0.0751. The zero-order valence-electron chi connectivity index (χ0n) is 86.5. The molecule has 12 saturated heterocycles. The van der Waals surface area contributed by atoms with Crippen molar-refractivity contribution in [3.63, 3.8) is 0 Å². The second kappa shape index (κ2) is 46.6. The van der Waals surface area contributed by atoms with E-state index in [1.807, 2.05) is 124 Å². The van der Waals surface area contributed by atoms with Crippen molar-refractivity contribution in [3.05, 3.63) is 0 Å². The highest BCUT2D eigenvalue weighted by Gasteiger charge is 2.63. The van der Waals surface area contributed by atoms with E-state index in [-0.39, 0.29) is 120 Å². The van der Waals surface area contributed by atoms with Crippen molar-refractivity contribution in [1.29, 1.82) is 0 Å². The van der Waals surface area contributed by atoms with Gasteiger partial charge in [0.15, 0.2) is 0 Å². The van der Waals surface area contributed by atoms with Gasteiger partial charge in [-0.05, 0) is 374 Å². The molecule has 0 aromatic heterocycles. The van der Waals surface area contributed by atoms with Crippen LogP contribution in [0.2, 0.25) is 0 Å². The van der Waals surface area contributed by atoms with Crippen molar-refractivity contribution in [3.8, 4) is 0 Å². The Kier molecular flexibility index (Phi) is 37.8. The Morgan fingerprint density at radius 1 is 0.311 bits per heavy atom. The van der Waals surface area contributed by atoms with Crippen molar-refractivity contribution in [1.82, 2.24) is 29.8 Å². The van der Waals surface area contributed by atoms with Crippen LogP contribution in [0.25, 0.3) is 0 Å². The van der Waals surface area contributed by atoms with Gasteiger partial charge < -0.3 is 78.7 Å². The number of hydrogen-bond donors (Lipinski definition) is 5. The Morgan fingerprint density at radius 3 is 0.770 bits per heavy atom. The molecule has 18 fully saturated rings. The van der Waals surface area contributed by atoms with E-state index in [1.54, 1.807) is 0 Å². The molecule has 5 amide bonds. The van der Waals surface area contributed by atoms with Gasteiger partial charge in [-0.15, -0.1) is 24.0 Å². The highest BCUT2D eigenvalue weighted by molar-refractivity contribution is 14.0. The third-order valence-electron chi connectivity index (χ3n) is 36.8. The number of methoxy groups -OCH3 is 1. The third-order valence-corrected chi connectivity index (χ3v) is 37.7. The van der Waals surface area contributed by atoms with Gasteiger partial charge in [0.1, 0.15) is 22.4 Å². The molecule has 772 valence electrons. The average Bonchev–Trinajstić information content (AvgIpc) is 1.67. The van der Waals surface area contributed by atoms with Gasteiger partial charge in [-0.25, -0.2) is 24.0 Å². The van der Waals surface area contributed by atoms with Crippen LogP contribution >= 0.6 is 35.7 Å². The Hall–Kier alpha value is -4.28. The SMILES string of the molecule is CC(C)(C)OC(=O)N1C2CCC1CC(C(=O)O)(C1CCCCC1)C2.CC(C)(C)OC(=O)N1C2CCC1CC(CO)(C1CCCCC1)C2.CCOC(=O)N1C2CCC1CC(C(=O)O)(C1CCCCC1)C2.COCC1(C2CCCCC2)CC2CCC(C1)N2C(=O)OC(C)(C)C.CSCC1(C2CCCCC2)CC2CCC(C1)N2C(=O)OC(C)(C)C.I.O=C(O)C1(C2CCCCC2)CC2CCC(C1)N2. The second-order valence-corrected chi connectivity index (χ2v) is 51.0. The standard InChI is InChI=1S/C20H35NO3.C20H35NO2S.C19H31NO4.C19H33NO3.C17H27NO4.C14H23NO2.HI/c1-19(2,3)24-18(22)21-16-10-11-17(21)13-20(12-16,14-23-4)15-8-6-5-7-9-15;1-19(2,3)23-18(22)21-16-10-11-17(21)13-20(12-16,14-24-4)15-8-6-5-7-9-15;1-18(2,3)24-17(23)20-14-9-10-15(20)12-19(11-14,16(21)22)13-7-5-4-6-8-13;1-18(2,3)23-17(22)20-15-9-10-16(20)12-19(11-15,13-21)14-7-5-4-6-8-14;1-2-22-16(21)18-13-8-9-14(18)11-17(10-13,15(19)20)12-6-4-3-5-7-12;16-13(17)14(10-4-2-1-3-5-10)8-11-6-7-12(9-14)15-11;/h2*15-17H,5-14H2,1-4H3;13-15H,4-12H2,1-3H3,(H,21,22);14-16,21H,4-13H2,1-3H3;12-14H,2-11H2,1H3,(H,19,20);10-12,15H,1-9H2,(H,16,17);1H. The molecule has 12 aliphatic heterocycles. The number of nitrogens with zero attached hydrogens (tertiary/aromatic N) is 5. The minimum atomic E-state index is -0.643. The number of piperidine rings is 6. The summed E-state index contributed by atoms with van der Waals surface area (Å²) in [5.74, 6) is 2.77. The Labute approximate surface area is 834 Å². The number of ether oxygens (including phenoxy) is 6. The lowest BCUT2D eigenvalue weighted by Gasteiger charge is -2.51. The molecule has 0 spiro atoms. The summed E-state index contributed by atoms with van der Waals surface area (Å²) in [5, 5.41) is 43.7. The molecule has 12 bridgehead atoms. The lowest BCUT2D eigenvalue weighted by molar-refractivity contribution is -0.161. The van der Waals surface area contributed by atoms with E-state index < -0.39 is 56.6 Å². The lowest BCUT2D eigenvalue weighted by Crippen LogP contribution is -2.56. The molecule has 0 aromatic carbocycles. The maximum absolute atomic E-state index is 12.7. The van der Waals surface area contributed by atoms with Crippen molar-refractivity contribution in [2.75, 3.05) is 38.9 Å². The molecule has 12 heterocycles. The second-order valence-electron chi connectivity index (χ2n) is 50.2. The summed E-state index contributed by atoms with van der Waals surface area (Å²) >= 11 is 2.02. The number of hydrogen-bond acceptors (Lipinski definition) is 17. The highest BCUT2D eigenvalue weighted by atomic mass is 127. The number of aliphatic hydroxyl groups is 1. The van der Waals surface area contributed by atoms with E-state index in [2.05, 4.69) is 21.4 Å². The number of fused-ring (bicyclic) bond motifs is 12. The van der Waals surface area contributed by atoms with Crippen LogP contribution in [0.3, 0.4) is 0 Å². The number of carbonyl (C=O) groups is 8. The number of aliphatic hydroxyl groups excluding tert-OH is 1. The zero-order chi connectivity index (χ0) is 96.6. The molecule has 12 unspecified atom stereocenters. The number of carboxylic acid groups (broad SMARTS) is 3. The van der Waals surface area contributed by atoms with Gasteiger partial charge in [-0.2, -0.15) is 11.8 Å². The number of thioether (sulfide) groups is 1. The minimum absolute atomic E-state index is 0. The summed E-state index contributed by atoms with van der Waals surface area (Å²) in [4.78, 5) is 109. The van der Waals surface area contributed by atoms with E-state index in [4.69, 9.17) is 28.4 Å². The molecule has 18 aliphatic rings. The van der Waals surface area contributed by atoms with E-state index in [1.165, 1.54) is 173 Å². The number of carbonyl (C=O) groups excluding carboxylic acids is 5. The molecule has 24 nitrogen and oxygen atoms in total. The normalized spacial score (nSPS) is 35.5. The van der Waals surface area contributed by atoms with Crippen LogP contribution in [0.1, 0.15) is 437 Å². The van der Waals surface area contributed by atoms with Crippen molar-refractivity contribution >= 4 is 84.1 Å². The van der Waals surface area contributed by atoms with Crippen LogP contribution in [0, 0.1) is 68.0 Å². The number of carboxylic acids is 3. The van der Waals surface area contributed by atoms with Crippen LogP contribution in [-0.2, 0) is 42.8 Å². The first-order chi connectivity index (χ1) is 63.5. The topological polar surface area (TPSA) is 301 Å². The van der Waals surface area contributed by atoms with Crippen molar-refractivity contribution < 1.29 is 87.2 Å². The molecule has 6 aliphatic carbocycles. The van der Waals surface area contributed by atoms with Crippen LogP contribution in [-0.4, -0.2) is 227 Å². The molecule has 6 saturated carbocycles. The summed E-state index contributed by atoms with van der Waals surface area (Å²) in [5.41, 5.74) is -2.62. The number of rotatable bonds is 15. The first-order valence-corrected chi connectivity index (χ1v) is 56.0. The van der Waals surface area contributed by atoms with E-state index in [0.717, 1.165) is 173 Å². The molecular weight excluding hydrogens is 1840 g/mol. The molecule has 5 N–H and O–H groups in total. The predicted molar refractivity (Wildman–Crippen MR) is 540 cm³/mol. The third kappa shape index (κ3) is 25.9. The molecular formula is C109H185IN6O18S. The minimum Gasteiger partial charge on any atom is -0.481 e. The number of halogens is 1. The van der Waals surface area contributed by atoms with Gasteiger partial charge in [0, 0.05) is 97.0 Å².